The Bertz CT molecular complexity index is 407. The highest BCUT2D eigenvalue weighted by atomic mass is 127. The summed E-state index contributed by atoms with van der Waals surface area (Å²) >= 11 is 6.68. The van der Waals surface area contributed by atoms with Gasteiger partial charge in [0.15, 0.2) is 0 Å². The number of aromatic nitrogens is 2. The zero-order valence-corrected chi connectivity index (χ0v) is 11.4. The monoisotopic (exact) mass is 345 g/mol. The van der Waals surface area contributed by atoms with Crippen molar-refractivity contribution in [1.29, 1.82) is 0 Å². The van der Waals surface area contributed by atoms with Crippen LogP contribution in [0.5, 0.6) is 0 Å². The molecule has 0 saturated carbocycles. The molecule has 1 aromatic rings. The fourth-order valence-electron chi connectivity index (χ4n) is 1.27. The first-order valence-corrected chi connectivity index (χ1v) is 6.31. The van der Waals surface area contributed by atoms with Gasteiger partial charge in [0, 0.05) is 25.1 Å². The molecule has 16 heavy (non-hydrogen) atoms. The van der Waals surface area contributed by atoms with Crippen molar-refractivity contribution in [3.05, 3.63) is 51.8 Å². The maximum absolute atomic E-state index is 4.50. The van der Waals surface area contributed by atoms with Crippen LogP contribution >= 0.6 is 35.2 Å². The first-order chi connectivity index (χ1) is 7.75. The predicted octanol–water partition coefficient (Wildman–Crippen LogP) is 2.84. The van der Waals surface area contributed by atoms with Crippen LogP contribution < -0.4 is 0 Å². The fraction of sp³-hybridized carbons (Fsp3) is 0.200. The molecular weight excluding hydrogens is 335 g/mol. The molecule has 0 aliphatic carbocycles. The van der Waals surface area contributed by atoms with Gasteiger partial charge in [-0.3, -0.25) is 9.97 Å². The van der Waals surface area contributed by atoms with E-state index in [1.165, 1.54) is 0 Å². The smallest absolute Gasteiger partial charge is 0.0731 e. The van der Waals surface area contributed by atoms with Crippen LogP contribution in [0.4, 0.5) is 0 Å². The molecule has 1 aliphatic heterocycles. The van der Waals surface area contributed by atoms with Crippen LogP contribution in [0.1, 0.15) is 10.9 Å². The van der Waals surface area contributed by atoms with Crippen molar-refractivity contribution in [2.24, 2.45) is 0 Å². The van der Waals surface area contributed by atoms with E-state index in [1.807, 2.05) is 23.4 Å². The molecule has 0 spiro atoms. The zero-order chi connectivity index (χ0) is 11.4. The van der Waals surface area contributed by atoms with Crippen molar-refractivity contribution >= 4 is 35.2 Å². The Morgan fingerprint density at radius 1 is 1.50 bits per heavy atom. The van der Waals surface area contributed by atoms with E-state index in [1.54, 1.807) is 18.6 Å². The average molecular weight is 345 g/mol. The number of hydrogen-bond acceptors (Lipinski definition) is 4. The van der Waals surface area contributed by atoms with Crippen LogP contribution in [-0.2, 0) is 0 Å². The molecule has 4 nitrogen and oxygen atoms in total. The van der Waals surface area contributed by atoms with Gasteiger partial charge in [0.1, 0.15) is 0 Å². The molecular formula is C10H10IN4S-. The van der Waals surface area contributed by atoms with E-state index in [4.69, 9.17) is 0 Å². The molecule has 0 saturated heterocycles. The number of hydrogen-bond donors (Lipinski definition) is 1. The van der Waals surface area contributed by atoms with Crippen molar-refractivity contribution < 1.29 is 0 Å². The summed E-state index contributed by atoms with van der Waals surface area (Å²) in [5.74, 6) is 0. The van der Waals surface area contributed by atoms with E-state index < -0.39 is 0 Å². The van der Waals surface area contributed by atoms with Crippen LogP contribution in [0.3, 0.4) is 0 Å². The summed E-state index contributed by atoms with van der Waals surface area (Å²) < 4.78 is 0.958. The summed E-state index contributed by atoms with van der Waals surface area (Å²) in [4.78, 5) is 8.24. The maximum Gasteiger partial charge on any atom is 0.0731 e. The van der Waals surface area contributed by atoms with Gasteiger partial charge in [0.05, 0.1) is 10.9 Å². The quantitative estimate of drug-likeness (QED) is 0.521. The molecule has 0 N–H and O–H groups in total. The van der Waals surface area contributed by atoms with Crippen LogP contribution in [0.15, 0.2) is 40.6 Å². The molecule has 2 rings (SSSR count). The normalized spacial score (nSPS) is 16.6. The van der Waals surface area contributed by atoms with Gasteiger partial charge in [0.2, 0.25) is 0 Å². The minimum atomic E-state index is 0.00407. The second-order valence-electron chi connectivity index (χ2n) is 3.20. The third-order valence-electron chi connectivity index (χ3n) is 2.00. The van der Waals surface area contributed by atoms with E-state index in [0.29, 0.717) is 6.54 Å². The molecule has 1 unspecified atom stereocenters. The van der Waals surface area contributed by atoms with E-state index >= 15 is 0 Å². The lowest BCUT2D eigenvalue weighted by Crippen LogP contribution is -2.19. The number of allylic oxidation sites excluding steroid dienone is 2. The minimum Gasteiger partial charge on any atom is -0.590 e. The van der Waals surface area contributed by atoms with Gasteiger partial charge in [-0.05, 0) is 12.3 Å². The summed E-state index contributed by atoms with van der Waals surface area (Å²) in [6.45, 7) is 0.679. The summed E-state index contributed by atoms with van der Waals surface area (Å²) in [7, 11) is 0. The second-order valence-corrected chi connectivity index (χ2v) is 4.93. The third-order valence-corrected chi connectivity index (χ3v) is 3.00. The van der Waals surface area contributed by atoms with Crippen molar-refractivity contribution in [1.82, 2.24) is 15.0 Å². The van der Waals surface area contributed by atoms with Gasteiger partial charge in [-0.25, -0.2) is 0 Å². The lowest BCUT2D eigenvalue weighted by atomic mass is 10.3. The molecule has 2 heterocycles. The van der Waals surface area contributed by atoms with Crippen LogP contribution in [0.2, 0.25) is 0 Å². The Morgan fingerprint density at radius 2 is 2.38 bits per heavy atom. The Morgan fingerprint density at radius 3 is 3.06 bits per heavy atom. The maximum atomic E-state index is 4.50. The van der Waals surface area contributed by atoms with E-state index in [9.17, 15) is 0 Å². The Balaban J connectivity index is 1.96. The molecule has 0 bridgehead atoms. The fourth-order valence-corrected chi connectivity index (χ4v) is 2.05. The molecule has 6 heteroatoms. The molecule has 0 fully saturated rings. The van der Waals surface area contributed by atoms with Gasteiger partial charge in [-0.2, -0.15) is 12.6 Å². The van der Waals surface area contributed by atoms with Crippen molar-refractivity contribution in [3.8, 4) is 0 Å². The number of rotatable bonds is 3. The second kappa shape index (κ2) is 5.53. The summed E-state index contributed by atoms with van der Waals surface area (Å²) in [5.41, 5.74) is 5.21. The van der Waals surface area contributed by atoms with Gasteiger partial charge in [0.25, 0.3) is 0 Å². The molecule has 1 atom stereocenters. The highest BCUT2D eigenvalue weighted by molar-refractivity contribution is 14.1. The predicted molar refractivity (Wildman–Crippen MR) is 75.1 cm³/mol. The Labute approximate surface area is 113 Å². The minimum absolute atomic E-state index is 0.00407. The van der Waals surface area contributed by atoms with E-state index in [2.05, 4.69) is 50.6 Å². The third kappa shape index (κ3) is 3.11. The first kappa shape index (κ1) is 11.7. The van der Waals surface area contributed by atoms with E-state index in [0.717, 1.165) is 9.40 Å². The molecule has 84 valence electrons. The van der Waals surface area contributed by atoms with Crippen molar-refractivity contribution in [2.75, 3.05) is 6.54 Å². The average Bonchev–Trinajstić information content (AvgIpc) is 2.30. The largest absolute Gasteiger partial charge is 0.590 e. The zero-order valence-electron chi connectivity index (χ0n) is 8.36. The highest BCUT2D eigenvalue weighted by Gasteiger charge is 2.08. The van der Waals surface area contributed by atoms with Gasteiger partial charge >= 0.3 is 0 Å². The van der Waals surface area contributed by atoms with Gasteiger partial charge in [-0.15, -0.1) is 0 Å². The Kier molecular flexibility index (Phi) is 4.05. The molecule has 1 aliphatic rings. The lowest BCUT2D eigenvalue weighted by Gasteiger charge is -2.40. The Hall–Kier alpha value is -0.760. The topological polar surface area (TPSA) is 43.1 Å². The van der Waals surface area contributed by atoms with Crippen molar-refractivity contribution in [3.63, 3.8) is 0 Å². The van der Waals surface area contributed by atoms with Crippen LogP contribution in [0, 0.1) is 0 Å². The van der Waals surface area contributed by atoms with Crippen LogP contribution in [-0.4, -0.2) is 21.5 Å². The molecule has 1 aromatic heterocycles. The SMILES string of the molecule is SC(CN1C=CC=C(I)[N-]1)c1cnccn1. The van der Waals surface area contributed by atoms with Crippen molar-refractivity contribution in [2.45, 2.75) is 5.25 Å². The molecule has 0 radical (unpaired) electrons. The number of nitrogens with zero attached hydrogens (tertiary/aromatic N) is 4. The van der Waals surface area contributed by atoms with Gasteiger partial charge < -0.3 is 10.4 Å². The highest BCUT2D eigenvalue weighted by Crippen LogP contribution is 2.26. The standard InChI is InChI=1S/C10H10IN4S/c11-10-2-1-5-15(14-10)7-9(16)8-6-12-3-4-13-8/h1-6,9,16H,7H2/q-1. The lowest BCUT2D eigenvalue weighted by molar-refractivity contribution is 0.474. The number of thiol groups is 1. The van der Waals surface area contributed by atoms with E-state index in [-0.39, 0.29) is 5.25 Å². The summed E-state index contributed by atoms with van der Waals surface area (Å²) in [6.07, 6.45) is 10.9. The first-order valence-electron chi connectivity index (χ1n) is 4.72. The number of halogens is 1. The summed E-state index contributed by atoms with van der Waals surface area (Å²) in [5, 5.41) is 1.86. The van der Waals surface area contributed by atoms with Crippen LogP contribution in [0.25, 0.3) is 5.43 Å². The summed E-state index contributed by atoms with van der Waals surface area (Å²) in [6, 6.07) is 0. The van der Waals surface area contributed by atoms with Gasteiger partial charge in [-0.1, -0.05) is 32.4 Å². The molecule has 0 aromatic carbocycles. The molecule has 0 amide bonds.